The van der Waals surface area contributed by atoms with Gasteiger partial charge < -0.3 is 15.5 Å². The molecule has 4 aliphatic rings. The number of fused-ring (bicyclic) bond motifs is 2. The van der Waals surface area contributed by atoms with Crippen molar-refractivity contribution in [2.24, 2.45) is 5.92 Å². The molecule has 2 aliphatic carbocycles. The molecule has 7 nitrogen and oxygen atoms in total. The van der Waals surface area contributed by atoms with Gasteiger partial charge in [0, 0.05) is 42.0 Å². The van der Waals surface area contributed by atoms with Crippen LogP contribution in [0.3, 0.4) is 0 Å². The highest BCUT2D eigenvalue weighted by Gasteiger charge is 2.38. The van der Waals surface area contributed by atoms with Crippen molar-refractivity contribution < 1.29 is 9.59 Å². The number of benzene rings is 1. The van der Waals surface area contributed by atoms with Crippen LogP contribution in [0.4, 0.5) is 0 Å². The quantitative estimate of drug-likeness (QED) is 0.621. The number of nitrogens with zero attached hydrogens (tertiary/aromatic N) is 2. The molecule has 184 valence electrons. The minimum atomic E-state index is -0.401. The van der Waals surface area contributed by atoms with Gasteiger partial charge in [0.05, 0.1) is 6.20 Å². The van der Waals surface area contributed by atoms with Crippen molar-refractivity contribution in [3.8, 4) is 0 Å². The lowest BCUT2D eigenvalue weighted by Crippen LogP contribution is -2.49. The van der Waals surface area contributed by atoms with Crippen molar-refractivity contribution in [3.05, 3.63) is 64.6 Å². The topological polar surface area (TPSA) is 90.1 Å². The number of aromatic nitrogens is 2. The second-order valence-corrected chi connectivity index (χ2v) is 10.9. The third kappa shape index (κ3) is 4.42. The lowest BCUT2D eigenvalue weighted by atomic mass is 9.79. The van der Waals surface area contributed by atoms with Crippen LogP contribution in [-0.4, -0.2) is 45.0 Å². The Balaban J connectivity index is 1.12. The van der Waals surface area contributed by atoms with E-state index in [1.54, 1.807) is 4.90 Å². The van der Waals surface area contributed by atoms with Gasteiger partial charge in [0.2, 0.25) is 5.91 Å². The number of aromatic amines is 1. The highest BCUT2D eigenvalue weighted by Crippen LogP contribution is 2.33. The van der Waals surface area contributed by atoms with E-state index >= 15 is 0 Å². The molecule has 0 spiro atoms. The molecule has 2 fully saturated rings. The molecule has 6 rings (SSSR count). The van der Waals surface area contributed by atoms with Gasteiger partial charge in [-0.2, -0.15) is 5.10 Å². The molecule has 1 aromatic heterocycles. The highest BCUT2D eigenvalue weighted by molar-refractivity contribution is 6.01. The summed E-state index contributed by atoms with van der Waals surface area (Å²) < 4.78 is 0. The SMILES string of the molecule is C=C1CCC(N2Cc3cc(C[C@H]4CCCC[C@@H]4NC4CCc5cn[nH]c5C4)ccc3C2=O)C(=O)N1. The summed E-state index contributed by atoms with van der Waals surface area (Å²) in [6.07, 6.45) is 12.8. The third-order valence-corrected chi connectivity index (χ3v) is 8.58. The van der Waals surface area contributed by atoms with Gasteiger partial charge in [0.1, 0.15) is 6.04 Å². The van der Waals surface area contributed by atoms with Gasteiger partial charge in [0.15, 0.2) is 0 Å². The van der Waals surface area contributed by atoms with Crippen molar-refractivity contribution in [1.82, 2.24) is 25.7 Å². The standard InChI is InChI=1S/C28H35N5O2/c1-17-6-11-26(27(34)30-17)33-16-21-13-18(7-10-23(21)28(33)35)12-19-4-2-3-5-24(19)31-22-9-8-20-15-29-32-25(20)14-22/h7,10,13,15,19,22,24,26,31H,1-6,8-9,11-12,14,16H2,(H,29,32)(H,30,34)/t19-,22?,24+,26?/m1/s1. The van der Waals surface area contributed by atoms with E-state index in [9.17, 15) is 9.59 Å². The van der Waals surface area contributed by atoms with Gasteiger partial charge in [-0.15, -0.1) is 0 Å². The fourth-order valence-electron chi connectivity index (χ4n) is 6.66. The number of allylic oxidation sites excluding steroid dienone is 1. The number of rotatable bonds is 5. The molecule has 3 heterocycles. The number of H-pyrrole nitrogens is 1. The summed E-state index contributed by atoms with van der Waals surface area (Å²) >= 11 is 0. The van der Waals surface area contributed by atoms with Crippen LogP contribution in [0.25, 0.3) is 0 Å². The molecule has 0 bridgehead atoms. The van der Waals surface area contributed by atoms with E-state index in [4.69, 9.17) is 0 Å². The zero-order chi connectivity index (χ0) is 23.9. The smallest absolute Gasteiger partial charge is 0.255 e. The first-order chi connectivity index (χ1) is 17.0. The summed E-state index contributed by atoms with van der Waals surface area (Å²) in [5.41, 5.74) is 6.53. The lowest BCUT2D eigenvalue weighted by Gasteiger charge is -2.36. The maximum absolute atomic E-state index is 13.1. The monoisotopic (exact) mass is 473 g/mol. The molecular weight excluding hydrogens is 438 g/mol. The molecule has 3 N–H and O–H groups in total. The second kappa shape index (κ2) is 9.26. The fraction of sp³-hybridized carbons (Fsp3) is 0.536. The summed E-state index contributed by atoms with van der Waals surface area (Å²) in [5, 5.41) is 14.2. The molecule has 0 radical (unpaired) electrons. The van der Waals surface area contributed by atoms with Crippen LogP contribution in [0.5, 0.6) is 0 Å². The predicted molar refractivity (Wildman–Crippen MR) is 134 cm³/mol. The number of amides is 2. The minimum Gasteiger partial charge on any atom is -0.329 e. The van der Waals surface area contributed by atoms with Crippen molar-refractivity contribution in [2.75, 3.05) is 0 Å². The minimum absolute atomic E-state index is 0.0214. The molecular formula is C28H35N5O2. The molecule has 2 aromatic rings. The van der Waals surface area contributed by atoms with Crippen molar-refractivity contribution in [1.29, 1.82) is 0 Å². The predicted octanol–water partition coefficient (Wildman–Crippen LogP) is 3.41. The summed E-state index contributed by atoms with van der Waals surface area (Å²) in [6.45, 7) is 4.38. The summed E-state index contributed by atoms with van der Waals surface area (Å²) in [4.78, 5) is 27.3. The Hall–Kier alpha value is -2.93. The van der Waals surface area contributed by atoms with Gasteiger partial charge in [-0.3, -0.25) is 14.7 Å². The molecule has 2 unspecified atom stereocenters. The van der Waals surface area contributed by atoms with Crippen LogP contribution in [0.2, 0.25) is 0 Å². The number of hydrogen-bond donors (Lipinski definition) is 3. The number of aryl methyl sites for hydroxylation is 1. The molecule has 2 aliphatic heterocycles. The summed E-state index contributed by atoms with van der Waals surface area (Å²) in [6, 6.07) is 6.98. The Bertz CT molecular complexity index is 1150. The number of hydrogen-bond acceptors (Lipinski definition) is 4. The van der Waals surface area contributed by atoms with Crippen molar-refractivity contribution >= 4 is 11.8 Å². The number of carbonyl (C=O) groups is 2. The Morgan fingerprint density at radius 1 is 1.09 bits per heavy atom. The first kappa shape index (κ1) is 22.5. The van der Waals surface area contributed by atoms with Crippen LogP contribution in [0, 0.1) is 5.92 Å². The first-order valence-corrected chi connectivity index (χ1v) is 13.2. The van der Waals surface area contributed by atoms with Crippen molar-refractivity contribution in [2.45, 2.75) is 88.9 Å². The lowest BCUT2D eigenvalue weighted by molar-refractivity contribution is -0.126. The molecule has 4 atom stereocenters. The average molecular weight is 474 g/mol. The second-order valence-electron chi connectivity index (χ2n) is 10.9. The van der Waals surface area contributed by atoms with E-state index in [-0.39, 0.29) is 11.8 Å². The normalized spacial score (nSPS) is 28.6. The van der Waals surface area contributed by atoms with Crippen LogP contribution in [0.1, 0.15) is 77.7 Å². The van der Waals surface area contributed by atoms with Crippen LogP contribution >= 0.6 is 0 Å². The Morgan fingerprint density at radius 2 is 1.97 bits per heavy atom. The molecule has 2 amide bonds. The fourth-order valence-corrected chi connectivity index (χ4v) is 6.66. The van der Waals surface area contributed by atoms with E-state index in [1.807, 2.05) is 12.3 Å². The maximum Gasteiger partial charge on any atom is 0.255 e. The van der Waals surface area contributed by atoms with E-state index in [1.165, 1.54) is 48.9 Å². The van der Waals surface area contributed by atoms with Gasteiger partial charge in [-0.25, -0.2) is 0 Å². The largest absolute Gasteiger partial charge is 0.329 e. The van der Waals surface area contributed by atoms with E-state index < -0.39 is 6.04 Å². The maximum atomic E-state index is 13.1. The number of carbonyl (C=O) groups excluding carboxylic acids is 2. The molecule has 1 aromatic carbocycles. The van der Waals surface area contributed by atoms with Gasteiger partial charge in [-0.05, 0) is 73.6 Å². The van der Waals surface area contributed by atoms with Crippen LogP contribution in [-0.2, 0) is 30.6 Å². The number of nitrogens with one attached hydrogen (secondary N) is 3. The van der Waals surface area contributed by atoms with E-state index in [0.29, 0.717) is 31.0 Å². The van der Waals surface area contributed by atoms with Gasteiger partial charge in [0.25, 0.3) is 5.91 Å². The van der Waals surface area contributed by atoms with Crippen LogP contribution < -0.4 is 10.6 Å². The van der Waals surface area contributed by atoms with Gasteiger partial charge in [-0.1, -0.05) is 31.6 Å². The zero-order valence-electron chi connectivity index (χ0n) is 20.3. The van der Waals surface area contributed by atoms with Crippen LogP contribution in [0.15, 0.2) is 36.7 Å². The average Bonchev–Trinajstić information content (AvgIpc) is 3.44. The van der Waals surface area contributed by atoms with E-state index in [0.717, 1.165) is 42.5 Å². The third-order valence-electron chi connectivity index (χ3n) is 8.58. The summed E-state index contributed by atoms with van der Waals surface area (Å²) in [7, 11) is 0. The Labute approximate surface area is 206 Å². The zero-order valence-corrected chi connectivity index (χ0v) is 20.3. The van der Waals surface area contributed by atoms with Gasteiger partial charge >= 0.3 is 0 Å². The highest BCUT2D eigenvalue weighted by atomic mass is 16.2. The number of piperidine rings is 1. The Kier molecular flexibility index (Phi) is 5.96. The molecule has 1 saturated carbocycles. The molecule has 35 heavy (non-hydrogen) atoms. The molecule has 1 saturated heterocycles. The Morgan fingerprint density at radius 3 is 2.86 bits per heavy atom. The van der Waals surface area contributed by atoms with E-state index in [2.05, 4.69) is 39.5 Å². The molecule has 7 heteroatoms. The summed E-state index contributed by atoms with van der Waals surface area (Å²) in [5.74, 6) is 0.476. The van der Waals surface area contributed by atoms with Crippen molar-refractivity contribution in [3.63, 3.8) is 0 Å². The first-order valence-electron chi connectivity index (χ1n) is 13.2.